The highest BCUT2D eigenvalue weighted by Crippen LogP contribution is 2.22. The van der Waals surface area contributed by atoms with Crippen molar-refractivity contribution in [2.75, 3.05) is 31.1 Å². The summed E-state index contributed by atoms with van der Waals surface area (Å²) < 4.78 is 0.953. The Balaban J connectivity index is 0.000000173. The average molecular weight is 459 g/mol. The number of hydrogen-bond acceptors (Lipinski definition) is 4. The van der Waals surface area contributed by atoms with E-state index in [9.17, 15) is 9.59 Å². The minimum absolute atomic E-state index is 0.715. The molecule has 0 radical (unpaired) electrons. The molecule has 5 heteroatoms. The summed E-state index contributed by atoms with van der Waals surface area (Å²) in [6, 6.07) is 11.7. The van der Waals surface area contributed by atoms with Crippen LogP contribution in [0.1, 0.15) is 57.5 Å². The van der Waals surface area contributed by atoms with Gasteiger partial charge in [-0.05, 0) is 100 Å². The van der Waals surface area contributed by atoms with Crippen molar-refractivity contribution < 1.29 is 9.59 Å². The van der Waals surface area contributed by atoms with Gasteiger partial charge < -0.3 is 10.2 Å². The first-order valence-electron chi connectivity index (χ1n) is 10.3. The van der Waals surface area contributed by atoms with Crippen LogP contribution in [0.5, 0.6) is 0 Å². The highest BCUT2D eigenvalue weighted by Gasteiger charge is 2.12. The highest BCUT2D eigenvalue weighted by molar-refractivity contribution is 9.10. The molecule has 2 aromatic carbocycles. The Labute approximate surface area is 182 Å². The number of anilines is 1. The topological polar surface area (TPSA) is 49.4 Å². The van der Waals surface area contributed by atoms with Gasteiger partial charge in [0.2, 0.25) is 0 Å². The Morgan fingerprint density at radius 3 is 1.83 bits per heavy atom. The van der Waals surface area contributed by atoms with Gasteiger partial charge in [-0.2, -0.15) is 0 Å². The normalized spacial score (nSPS) is 15.1. The maximum atomic E-state index is 10.7. The third-order valence-electron chi connectivity index (χ3n) is 4.85. The molecule has 0 unspecified atom stereocenters. The second-order valence-electron chi connectivity index (χ2n) is 7.55. The number of nitrogens with one attached hydrogen (secondary N) is 1. The predicted molar refractivity (Wildman–Crippen MR) is 124 cm³/mol. The largest absolute Gasteiger partial charge is 0.372 e. The van der Waals surface area contributed by atoms with Crippen LogP contribution in [0.4, 0.5) is 5.69 Å². The van der Waals surface area contributed by atoms with E-state index in [1.54, 1.807) is 6.07 Å². The van der Waals surface area contributed by atoms with Gasteiger partial charge in [0.05, 0.1) is 0 Å². The predicted octanol–water partition coefficient (Wildman–Crippen LogP) is 5.35. The van der Waals surface area contributed by atoms with E-state index in [-0.39, 0.29) is 0 Å². The second kappa shape index (κ2) is 12.6. The fourth-order valence-electron chi connectivity index (χ4n) is 3.48. The quantitative estimate of drug-likeness (QED) is 0.629. The number of carbonyl (C=O) groups excluding carboxylic acids is 2. The van der Waals surface area contributed by atoms with Crippen LogP contribution in [0.2, 0.25) is 0 Å². The summed E-state index contributed by atoms with van der Waals surface area (Å²) in [6.45, 7) is 8.74. The molecule has 2 aliphatic heterocycles. The van der Waals surface area contributed by atoms with Crippen LogP contribution in [-0.4, -0.2) is 38.8 Å². The fraction of sp³-hybridized carbons (Fsp3) is 0.417. The molecule has 2 aromatic rings. The molecule has 156 valence electrons. The molecular weight excluding hydrogens is 428 g/mol. The molecule has 0 amide bonds. The molecule has 0 bridgehead atoms. The van der Waals surface area contributed by atoms with E-state index in [2.05, 4.69) is 32.2 Å². The maximum absolute atomic E-state index is 10.7. The van der Waals surface area contributed by atoms with Gasteiger partial charge in [0.25, 0.3) is 0 Å². The van der Waals surface area contributed by atoms with E-state index in [1.807, 2.05) is 38.1 Å². The number of benzene rings is 2. The first kappa shape index (κ1) is 23.3. The molecule has 1 N–H and O–H groups in total. The van der Waals surface area contributed by atoms with E-state index >= 15 is 0 Å². The van der Waals surface area contributed by atoms with Crippen molar-refractivity contribution in [1.82, 2.24) is 5.32 Å². The zero-order chi connectivity index (χ0) is 21.1. The number of hydrogen-bond donors (Lipinski definition) is 1. The number of aryl methyl sites for hydroxylation is 2. The van der Waals surface area contributed by atoms with Gasteiger partial charge in [0, 0.05) is 34.4 Å². The standard InChI is InChI=1S/C12H15NO.C8H7BrO.C4H9N/c1-10-6-11(9-14)8-12(7-10)13-4-2-3-5-13;1-6-2-7(5-10)4-8(9)3-6;1-2-4-5-3-1/h6-9H,2-5H2,1H3;2-5H,1H3;5H,1-4H2. The summed E-state index contributed by atoms with van der Waals surface area (Å²) in [5, 5.41) is 3.22. The van der Waals surface area contributed by atoms with E-state index in [1.165, 1.54) is 44.5 Å². The van der Waals surface area contributed by atoms with Crippen molar-refractivity contribution in [1.29, 1.82) is 0 Å². The van der Waals surface area contributed by atoms with Gasteiger partial charge >= 0.3 is 0 Å². The van der Waals surface area contributed by atoms with Gasteiger partial charge in [0.1, 0.15) is 12.6 Å². The third-order valence-corrected chi connectivity index (χ3v) is 5.31. The molecular formula is C24H31BrN2O2. The SMILES string of the molecule is C1CCNC1.Cc1cc(Br)cc(C=O)c1.Cc1cc(C=O)cc(N2CCCC2)c1. The third kappa shape index (κ3) is 8.50. The van der Waals surface area contributed by atoms with E-state index in [0.717, 1.165) is 46.8 Å². The summed E-state index contributed by atoms with van der Waals surface area (Å²) in [6.07, 6.45) is 7.08. The van der Waals surface area contributed by atoms with Crippen molar-refractivity contribution in [3.8, 4) is 0 Å². The molecule has 2 heterocycles. The summed E-state index contributed by atoms with van der Waals surface area (Å²) >= 11 is 3.29. The van der Waals surface area contributed by atoms with Crippen molar-refractivity contribution in [3.63, 3.8) is 0 Å². The van der Waals surface area contributed by atoms with Crippen LogP contribution in [0.15, 0.2) is 40.9 Å². The molecule has 0 atom stereocenters. The maximum Gasteiger partial charge on any atom is 0.150 e. The Kier molecular flexibility index (Phi) is 10.1. The molecule has 2 fully saturated rings. The number of rotatable bonds is 3. The van der Waals surface area contributed by atoms with E-state index in [4.69, 9.17) is 0 Å². The Hall–Kier alpha value is -1.98. The smallest absolute Gasteiger partial charge is 0.150 e. The summed E-state index contributed by atoms with van der Waals surface area (Å²) in [5.41, 5.74) is 4.95. The van der Waals surface area contributed by atoms with Gasteiger partial charge in [-0.3, -0.25) is 9.59 Å². The molecule has 0 aromatic heterocycles. The summed E-state index contributed by atoms with van der Waals surface area (Å²) in [5.74, 6) is 0. The number of nitrogens with zero attached hydrogens (tertiary/aromatic N) is 1. The molecule has 2 aliphatic rings. The lowest BCUT2D eigenvalue weighted by Gasteiger charge is -2.18. The van der Waals surface area contributed by atoms with Crippen LogP contribution in [0, 0.1) is 13.8 Å². The molecule has 2 saturated heterocycles. The van der Waals surface area contributed by atoms with Crippen LogP contribution >= 0.6 is 15.9 Å². The average Bonchev–Trinajstić information content (AvgIpc) is 3.43. The van der Waals surface area contributed by atoms with E-state index < -0.39 is 0 Å². The van der Waals surface area contributed by atoms with Gasteiger partial charge in [-0.15, -0.1) is 0 Å². The Morgan fingerprint density at radius 2 is 1.34 bits per heavy atom. The molecule has 29 heavy (non-hydrogen) atoms. The van der Waals surface area contributed by atoms with Crippen molar-refractivity contribution >= 4 is 34.2 Å². The minimum atomic E-state index is 0.715. The molecule has 0 spiro atoms. The summed E-state index contributed by atoms with van der Waals surface area (Å²) in [7, 11) is 0. The van der Waals surface area contributed by atoms with Crippen molar-refractivity contribution in [3.05, 3.63) is 63.1 Å². The fourth-order valence-corrected chi connectivity index (χ4v) is 4.10. The molecule has 0 aliphatic carbocycles. The molecule has 0 saturated carbocycles. The first-order valence-corrected chi connectivity index (χ1v) is 11.1. The molecule has 4 nitrogen and oxygen atoms in total. The Bertz CT molecular complexity index is 770. The van der Waals surface area contributed by atoms with Crippen LogP contribution < -0.4 is 10.2 Å². The lowest BCUT2D eigenvalue weighted by atomic mass is 10.1. The van der Waals surface area contributed by atoms with Crippen molar-refractivity contribution in [2.45, 2.75) is 39.5 Å². The van der Waals surface area contributed by atoms with Crippen LogP contribution in [0.25, 0.3) is 0 Å². The molecule has 4 rings (SSSR count). The zero-order valence-corrected chi connectivity index (χ0v) is 19.0. The van der Waals surface area contributed by atoms with Crippen LogP contribution in [0.3, 0.4) is 0 Å². The Morgan fingerprint density at radius 1 is 0.793 bits per heavy atom. The zero-order valence-electron chi connectivity index (χ0n) is 17.4. The first-order chi connectivity index (χ1) is 14.0. The summed E-state index contributed by atoms with van der Waals surface area (Å²) in [4.78, 5) is 23.3. The highest BCUT2D eigenvalue weighted by atomic mass is 79.9. The number of carbonyl (C=O) groups is 2. The number of aldehydes is 2. The minimum Gasteiger partial charge on any atom is -0.372 e. The van der Waals surface area contributed by atoms with Gasteiger partial charge in [0.15, 0.2) is 0 Å². The van der Waals surface area contributed by atoms with E-state index in [0.29, 0.717) is 5.56 Å². The van der Waals surface area contributed by atoms with Crippen LogP contribution in [-0.2, 0) is 0 Å². The van der Waals surface area contributed by atoms with Gasteiger partial charge in [-0.1, -0.05) is 15.9 Å². The lowest BCUT2D eigenvalue weighted by Crippen LogP contribution is -2.17. The monoisotopic (exact) mass is 458 g/mol. The number of halogens is 1. The second-order valence-corrected chi connectivity index (χ2v) is 8.47. The lowest BCUT2D eigenvalue weighted by molar-refractivity contribution is 0.111. The van der Waals surface area contributed by atoms with Crippen molar-refractivity contribution in [2.24, 2.45) is 0 Å². The van der Waals surface area contributed by atoms with Gasteiger partial charge in [-0.25, -0.2) is 0 Å².